The summed E-state index contributed by atoms with van der Waals surface area (Å²) in [7, 11) is 0. The molecule has 0 unspecified atom stereocenters. The molecule has 2 heterocycles. The fraction of sp³-hybridized carbons (Fsp3) is 0.167. The van der Waals surface area contributed by atoms with Gasteiger partial charge < -0.3 is 10.6 Å². The lowest BCUT2D eigenvalue weighted by molar-refractivity contribution is 1.02. The highest BCUT2D eigenvalue weighted by Gasteiger charge is 2.15. The summed E-state index contributed by atoms with van der Waals surface area (Å²) < 4.78 is 0. The van der Waals surface area contributed by atoms with Crippen LogP contribution < -0.4 is 10.6 Å². The normalized spacial score (nSPS) is 12.8. The van der Waals surface area contributed by atoms with E-state index < -0.39 is 0 Å². The van der Waals surface area contributed by atoms with Gasteiger partial charge in [-0.05, 0) is 25.1 Å². The van der Waals surface area contributed by atoms with Crippen LogP contribution in [-0.2, 0) is 6.54 Å². The van der Waals surface area contributed by atoms with Gasteiger partial charge in [0.1, 0.15) is 12.1 Å². The van der Waals surface area contributed by atoms with Gasteiger partial charge in [0.05, 0.1) is 11.4 Å². The standard InChI is InChI=1S/C12H11ClN4/c1-7-9-5-14-10-3-2-8(13)4-11(10)17-12(9)16-6-15-7/h2-4,6,14H,5H2,1H3,(H,15,16,17). The molecule has 0 aliphatic carbocycles. The molecule has 1 aromatic heterocycles. The molecule has 86 valence electrons. The molecule has 17 heavy (non-hydrogen) atoms. The number of rotatable bonds is 0. The Labute approximate surface area is 104 Å². The number of aryl methyl sites for hydroxylation is 1. The van der Waals surface area contributed by atoms with Crippen molar-refractivity contribution in [2.75, 3.05) is 10.6 Å². The van der Waals surface area contributed by atoms with Crippen LogP contribution in [0.5, 0.6) is 0 Å². The highest BCUT2D eigenvalue weighted by molar-refractivity contribution is 6.31. The molecule has 0 radical (unpaired) electrons. The van der Waals surface area contributed by atoms with E-state index in [0.29, 0.717) is 11.6 Å². The molecule has 0 saturated carbocycles. The van der Waals surface area contributed by atoms with Crippen LogP contribution in [0.2, 0.25) is 5.02 Å². The van der Waals surface area contributed by atoms with E-state index >= 15 is 0 Å². The first kappa shape index (κ1) is 10.4. The predicted octanol–water partition coefficient (Wildman–Crippen LogP) is 3.11. The number of aromatic nitrogens is 2. The molecule has 0 amide bonds. The summed E-state index contributed by atoms with van der Waals surface area (Å²) in [6.07, 6.45) is 1.57. The fourth-order valence-corrected chi connectivity index (χ4v) is 2.08. The molecule has 0 saturated heterocycles. The predicted molar refractivity (Wildman–Crippen MR) is 68.8 cm³/mol. The quantitative estimate of drug-likeness (QED) is 0.750. The first-order valence-corrected chi connectivity index (χ1v) is 5.73. The summed E-state index contributed by atoms with van der Waals surface area (Å²) in [6, 6.07) is 5.71. The zero-order chi connectivity index (χ0) is 11.8. The van der Waals surface area contributed by atoms with Crippen molar-refractivity contribution in [1.82, 2.24) is 9.97 Å². The summed E-state index contributed by atoms with van der Waals surface area (Å²) in [6.45, 7) is 2.69. The molecule has 0 bridgehead atoms. The number of hydrogen-bond donors (Lipinski definition) is 2. The number of nitrogens with zero attached hydrogens (tertiary/aromatic N) is 2. The zero-order valence-electron chi connectivity index (χ0n) is 9.29. The van der Waals surface area contributed by atoms with Crippen LogP contribution in [0.4, 0.5) is 17.2 Å². The van der Waals surface area contributed by atoms with Gasteiger partial charge in [-0.3, -0.25) is 0 Å². The van der Waals surface area contributed by atoms with E-state index in [2.05, 4.69) is 20.6 Å². The van der Waals surface area contributed by atoms with Crippen LogP contribution in [-0.4, -0.2) is 9.97 Å². The maximum atomic E-state index is 5.99. The second-order valence-electron chi connectivity index (χ2n) is 3.95. The Morgan fingerprint density at radius 3 is 3.00 bits per heavy atom. The molecule has 1 aromatic carbocycles. The lowest BCUT2D eigenvalue weighted by atomic mass is 10.2. The van der Waals surface area contributed by atoms with Crippen LogP contribution in [0, 0.1) is 6.92 Å². The van der Waals surface area contributed by atoms with Gasteiger partial charge in [0.25, 0.3) is 0 Å². The van der Waals surface area contributed by atoms with Gasteiger partial charge >= 0.3 is 0 Å². The van der Waals surface area contributed by atoms with Crippen molar-refractivity contribution in [2.45, 2.75) is 13.5 Å². The summed E-state index contributed by atoms with van der Waals surface area (Å²) in [4.78, 5) is 8.46. The largest absolute Gasteiger partial charge is 0.379 e. The van der Waals surface area contributed by atoms with E-state index in [1.165, 1.54) is 0 Å². The minimum Gasteiger partial charge on any atom is -0.379 e. The Balaban J connectivity index is 2.12. The van der Waals surface area contributed by atoms with Crippen molar-refractivity contribution in [2.24, 2.45) is 0 Å². The molecule has 2 aromatic rings. The Hall–Kier alpha value is -1.81. The van der Waals surface area contributed by atoms with Crippen molar-refractivity contribution >= 4 is 28.8 Å². The lowest BCUT2D eigenvalue weighted by Gasteiger charge is -2.08. The lowest BCUT2D eigenvalue weighted by Crippen LogP contribution is -2.03. The molecule has 5 heteroatoms. The first-order valence-electron chi connectivity index (χ1n) is 5.35. The molecule has 4 nitrogen and oxygen atoms in total. The van der Waals surface area contributed by atoms with E-state index in [4.69, 9.17) is 11.6 Å². The third-order valence-corrected chi connectivity index (χ3v) is 3.09. The number of benzene rings is 1. The molecule has 1 aliphatic rings. The van der Waals surface area contributed by atoms with Gasteiger partial charge in [0, 0.05) is 22.8 Å². The first-order chi connectivity index (χ1) is 8.24. The Kier molecular flexibility index (Phi) is 2.37. The van der Waals surface area contributed by atoms with Gasteiger partial charge in [0.15, 0.2) is 0 Å². The Morgan fingerprint density at radius 1 is 1.24 bits per heavy atom. The molecule has 2 N–H and O–H groups in total. The van der Waals surface area contributed by atoms with Crippen LogP contribution in [0.1, 0.15) is 11.3 Å². The number of nitrogens with one attached hydrogen (secondary N) is 2. The smallest absolute Gasteiger partial charge is 0.139 e. The summed E-state index contributed by atoms with van der Waals surface area (Å²) in [5.41, 5.74) is 4.02. The Bertz CT molecular complexity index is 583. The molecular weight excluding hydrogens is 236 g/mol. The minimum absolute atomic E-state index is 0.701. The number of anilines is 3. The van der Waals surface area contributed by atoms with E-state index in [9.17, 15) is 0 Å². The van der Waals surface area contributed by atoms with Gasteiger partial charge in [-0.25, -0.2) is 9.97 Å². The number of hydrogen-bond acceptors (Lipinski definition) is 4. The second-order valence-corrected chi connectivity index (χ2v) is 4.39. The number of fused-ring (bicyclic) bond motifs is 2. The van der Waals surface area contributed by atoms with Gasteiger partial charge in [-0.1, -0.05) is 11.6 Å². The fourth-order valence-electron chi connectivity index (χ4n) is 1.90. The maximum absolute atomic E-state index is 5.99. The van der Waals surface area contributed by atoms with Crippen LogP contribution in [0.3, 0.4) is 0 Å². The van der Waals surface area contributed by atoms with Crippen molar-refractivity contribution in [3.05, 3.63) is 40.8 Å². The Morgan fingerprint density at radius 2 is 2.12 bits per heavy atom. The highest BCUT2D eigenvalue weighted by atomic mass is 35.5. The van der Waals surface area contributed by atoms with Gasteiger partial charge in [0.2, 0.25) is 0 Å². The average Bonchev–Trinajstić information content (AvgIpc) is 2.48. The number of halogens is 1. The zero-order valence-corrected chi connectivity index (χ0v) is 10.0. The minimum atomic E-state index is 0.701. The van der Waals surface area contributed by atoms with Crippen molar-refractivity contribution in [3.63, 3.8) is 0 Å². The molecule has 0 spiro atoms. The SMILES string of the molecule is Cc1ncnc2c1CNc1ccc(Cl)cc1N2. The third kappa shape index (κ3) is 1.80. The van der Waals surface area contributed by atoms with Crippen molar-refractivity contribution in [1.29, 1.82) is 0 Å². The van der Waals surface area contributed by atoms with E-state index in [1.54, 1.807) is 6.33 Å². The third-order valence-electron chi connectivity index (χ3n) is 2.85. The summed E-state index contributed by atoms with van der Waals surface area (Å²) in [5, 5.41) is 7.34. The van der Waals surface area contributed by atoms with Crippen LogP contribution in [0.15, 0.2) is 24.5 Å². The van der Waals surface area contributed by atoms with Crippen molar-refractivity contribution in [3.8, 4) is 0 Å². The summed E-state index contributed by atoms with van der Waals surface area (Å²) >= 11 is 5.99. The average molecular weight is 247 g/mol. The van der Waals surface area contributed by atoms with E-state index in [1.807, 2.05) is 25.1 Å². The van der Waals surface area contributed by atoms with Gasteiger partial charge in [-0.2, -0.15) is 0 Å². The molecule has 3 rings (SSSR count). The van der Waals surface area contributed by atoms with Crippen LogP contribution >= 0.6 is 11.6 Å². The molecular formula is C12H11ClN4. The highest BCUT2D eigenvalue weighted by Crippen LogP contribution is 2.33. The maximum Gasteiger partial charge on any atom is 0.139 e. The topological polar surface area (TPSA) is 49.8 Å². The second kappa shape index (κ2) is 3.89. The monoisotopic (exact) mass is 246 g/mol. The molecule has 0 atom stereocenters. The van der Waals surface area contributed by atoms with Crippen molar-refractivity contribution < 1.29 is 0 Å². The van der Waals surface area contributed by atoms with E-state index in [-0.39, 0.29) is 0 Å². The van der Waals surface area contributed by atoms with Crippen LogP contribution in [0.25, 0.3) is 0 Å². The molecule has 0 fully saturated rings. The van der Waals surface area contributed by atoms with Gasteiger partial charge in [-0.15, -0.1) is 0 Å². The summed E-state index contributed by atoms with van der Waals surface area (Å²) in [5.74, 6) is 0.839. The molecule has 1 aliphatic heterocycles. The van der Waals surface area contributed by atoms with E-state index in [0.717, 1.165) is 28.5 Å².